The van der Waals surface area contributed by atoms with Crippen LogP contribution >= 0.6 is 0 Å². The van der Waals surface area contributed by atoms with Crippen LogP contribution in [0.3, 0.4) is 0 Å². The quantitative estimate of drug-likeness (QED) is 0.723. The number of rotatable bonds is 8. The highest BCUT2D eigenvalue weighted by molar-refractivity contribution is 5.98. The second-order valence-corrected chi connectivity index (χ2v) is 6.03. The number of anilines is 1. The molecule has 0 saturated heterocycles. The minimum absolute atomic E-state index is 0.0218. The molecule has 27 heavy (non-hydrogen) atoms. The van der Waals surface area contributed by atoms with Gasteiger partial charge in [0.25, 0.3) is 5.91 Å². The van der Waals surface area contributed by atoms with Crippen LogP contribution in [0.1, 0.15) is 12.8 Å². The van der Waals surface area contributed by atoms with Gasteiger partial charge in [0.2, 0.25) is 5.91 Å². The molecule has 0 fully saturated rings. The Morgan fingerprint density at radius 2 is 1.96 bits per heavy atom. The summed E-state index contributed by atoms with van der Waals surface area (Å²) < 4.78 is 24.1. The molecule has 1 aliphatic heterocycles. The number of nitrogens with one attached hydrogen (secondary N) is 1. The Morgan fingerprint density at radius 3 is 2.81 bits per heavy atom. The van der Waals surface area contributed by atoms with Crippen molar-refractivity contribution in [1.29, 1.82) is 0 Å². The van der Waals surface area contributed by atoms with E-state index in [9.17, 15) is 14.0 Å². The third kappa shape index (κ3) is 4.97. The lowest BCUT2D eigenvalue weighted by Crippen LogP contribution is -2.41. The molecule has 2 aromatic carbocycles. The summed E-state index contributed by atoms with van der Waals surface area (Å²) in [5.41, 5.74) is 0.680. The van der Waals surface area contributed by atoms with Crippen molar-refractivity contribution in [3.63, 3.8) is 0 Å². The third-order valence-electron chi connectivity index (χ3n) is 4.11. The van der Waals surface area contributed by atoms with Gasteiger partial charge in [0, 0.05) is 19.5 Å². The lowest BCUT2D eigenvalue weighted by atomic mass is 10.2. The second-order valence-electron chi connectivity index (χ2n) is 6.03. The van der Waals surface area contributed by atoms with Crippen LogP contribution < -0.4 is 19.7 Å². The van der Waals surface area contributed by atoms with E-state index in [0.29, 0.717) is 31.0 Å². The number of nitrogens with zero attached hydrogens (tertiary/aromatic N) is 1. The largest absolute Gasteiger partial charge is 0.490 e. The van der Waals surface area contributed by atoms with Gasteiger partial charge >= 0.3 is 0 Å². The molecular weight excluding hydrogens is 351 g/mol. The van der Waals surface area contributed by atoms with Crippen molar-refractivity contribution < 1.29 is 23.5 Å². The van der Waals surface area contributed by atoms with Crippen LogP contribution in [0.15, 0.2) is 48.5 Å². The predicted octanol–water partition coefficient (Wildman–Crippen LogP) is 2.53. The Hall–Kier alpha value is -3.09. The monoisotopic (exact) mass is 372 g/mol. The molecule has 6 nitrogen and oxygen atoms in total. The Kier molecular flexibility index (Phi) is 6.25. The zero-order valence-corrected chi connectivity index (χ0v) is 14.8. The molecule has 0 aromatic heterocycles. The average molecular weight is 372 g/mol. The van der Waals surface area contributed by atoms with Gasteiger partial charge in [-0.25, -0.2) is 4.39 Å². The number of ether oxygens (including phenoxy) is 2. The number of benzene rings is 2. The highest BCUT2D eigenvalue weighted by atomic mass is 19.1. The van der Waals surface area contributed by atoms with E-state index in [-0.39, 0.29) is 37.1 Å². The minimum atomic E-state index is -0.406. The number of halogens is 1. The van der Waals surface area contributed by atoms with E-state index in [1.54, 1.807) is 35.2 Å². The van der Waals surface area contributed by atoms with Crippen LogP contribution in [0.2, 0.25) is 0 Å². The van der Waals surface area contributed by atoms with Gasteiger partial charge in [-0.3, -0.25) is 9.59 Å². The first-order valence-corrected chi connectivity index (χ1v) is 8.81. The normalized spacial score (nSPS) is 12.9. The molecule has 3 rings (SSSR count). The van der Waals surface area contributed by atoms with Gasteiger partial charge in [0.15, 0.2) is 18.2 Å². The molecule has 0 saturated carbocycles. The molecule has 0 spiro atoms. The molecule has 1 N–H and O–H groups in total. The van der Waals surface area contributed by atoms with Gasteiger partial charge in [-0.2, -0.15) is 0 Å². The van der Waals surface area contributed by atoms with E-state index in [4.69, 9.17) is 9.47 Å². The topological polar surface area (TPSA) is 67.9 Å². The van der Waals surface area contributed by atoms with Crippen LogP contribution in [0, 0.1) is 5.82 Å². The number of hydrogen-bond donors (Lipinski definition) is 1. The summed E-state index contributed by atoms with van der Waals surface area (Å²) in [6.45, 7) is 0.986. The molecule has 0 atom stereocenters. The summed E-state index contributed by atoms with van der Waals surface area (Å²) in [6, 6.07) is 13.4. The molecule has 7 heteroatoms. The van der Waals surface area contributed by atoms with E-state index >= 15 is 0 Å². The smallest absolute Gasteiger partial charge is 0.265 e. The van der Waals surface area contributed by atoms with Gasteiger partial charge in [0.1, 0.15) is 5.75 Å². The van der Waals surface area contributed by atoms with E-state index in [0.717, 1.165) is 0 Å². The highest BCUT2D eigenvalue weighted by Gasteiger charge is 2.25. The summed E-state index contributed by atoms with van der Waals surface area (Å²) in [5, 5.41) is 2.78. The van der Waals surface area contributed by atoms with Crippen molar-refractivity contribution in [2.24, 2.45) is 0 Å². The Labute approximate surface area is 156 Å². The first-order chi connectivity index (χ1) is 13.1. The fourth-order valence-electron chi connectivity index (χ4n) is 2.74. The van der Waals surface area contributed by atoms with E-state index < -0.39 is 5.82 Å². The Bertz CT molecular complexity index is 812. The maximum Gasteiger partial charge on any atom is 0.265 e. The van der Waals surface area contributed by atoms with E-state index in [1.165, 1.54) is 6.07 Å². The highest BCUT2D eigenvalue weighted by Crippen LogP contribution is 2.31. The van der Waals surface area contributed by atoms with Crippen LogP contribution in [0.5, 0.6) is 11.5 Å². The number of hydrogen-bond acceptors (Lipinski definition) is 4. The number of para-hydroxylation sites is 3. The fraction of sp³-hybridized carbons (Fsp3) is 0.300. The molecule has 1 aliphatic rings. The Morgan fingerprint density at radius 1 is 1.19 bits per heavy atom. The molecule has 0 aliphatic carbocycles. The SMILES string of the molecule is O=C(CCN1C(=O)COc2ccccc21)NCCCOc1ccccc1F. The van der Waals surface area contributed by atoms with Gasteiger partial charge in [-0.1, -0.05) is 24.3 Å². The van der Waals surface area contributed by atoms with Crippen LogP contribution in [0.4, 0.5) is 10.1 Å². The molecular formula is C20H21FN2O4. The standard InChI is InChI=1S/C20H21FN2O4/c21-15-6-1-3-8-17(15)26-13-5-11-22-19(24)10-12-23-16-7-2-4-9-18(16)27-14-20(23)25/h1-4,6-9H,5,10-14H2,(H,22,24). The zero-order chi connectivity index (χ0) is 19.1. The number of amides is 2. The summed E-state index contributed by atoms with van der Waals surface area (Å²) in [7, 11) is 0. The van der Waals surface area contributed by atoms with Crippen molar-refractivity contribution in [3.8, 4) is 11.5 Å². The van der Waals surface area contributed by atoms with Crippen molar-refractivity contribution >= 4 is 17.5 Å². The molecule has 1 heterocycles. The van der Waals surface area contributed by atoms with Crippen molar-refractivity contribution in [1.82, 2.24) is 5.32 Å². The first kappa shape index (κ1) is 18.7. The number of fused-ring (bicyclic) bond motifs is 1. The van der Waals surface area contributed by atoms with Gasteiger partial charge in [-0.05, 0) is 30.7 Å². The summed E-state index contributed by atoms with van der Waals surface area (Å²) in [5.74, 6) is 0.116. The van der Waals surface area contributed by atoms with E-state index in [2.05, 4.69) is 5.32 Å². The molecule has 0 radical (unpaired) electrons. The average Bonchev–Trinajstić information content (AvgIpc) is 2.68. The van der Waals surface area contributed by atoms with Gasteiger partial charge < -0.3 is 19.7 Å². The Balaban J connectivity index is 1.38. The fourth-order valence-corrected chi connectivity index (χ4v) is 2.74. The van der Waals surface area contributed by atoms with Crippen LogP contribution in [0.25, 0.3) is 0 Å². The maximum atomic E-state index is 13.4. The zero-order valence-electron chi connectivity index (χ0n) is 14.8. The molecule has 0 bridgehead atoms. The molecule has 142 valence electrons. The van der Waals surface area contributed by atoms with Crippen LogP contribution in [-0.4, -0.2) is 38.1 Å². The van der Waals surface area contributed by atoms with Gasteiger partial charge in [-0.15, -0.1) is 0 Å². The molecule has 2 aromatic rings. The lowest BCUT2D eigenvalue weighted by molar-refractivity contribution is -0.122. The maximum absolute atomic E-state index is 13.4. The number of carbonyl (C=O) groups excluding carboxylic acids is 2. The van der Waals surface area contributed by atoms with Crippen molar-refractivity contribution in [2.75, 3.05) is 31.2 Å². The van der Waals surface area contributed by atoms with Crippen LogP contribution in [-0.2, 0) is 9.59 Å². The lowest BCUT2D eigenvalue weighted by Gasteiger charge is -2.29. The number of carbonyl (C=O) groups is 2. The van der Waals surface area contributed by atoms with Crippen molar-refractivity contribution in [3.05, 3.63) is 54.3 Å². The van der Waals surface area contributed by atoms with Gasteiger partial charge in [0.05, 0.1) is 12.3 Å². The second kappa shape index (κ2) is 9.02. The summed E-state index contributed by atoms with van der Waals surface area (Å²) in [6.07, 6.45) is 0.744. The molecule has 0 unspecified atom stereocenters. The van der Waals surface area contributed by atoms with E-state index in [1.807, 2.05) is 12.1 Å². The molecule has 2 amide bonds. The first-order valence-electron chi connectivity index (χ1n) is 8.81. The third-order valence-corrected chi connectivity index (χ3v) is 4.11. The predicted molar refractivity (Wildman–Crippen MR) is 98.4 cm³/mol. The van der Waals surface area contributed by atoms with Crippen molar-refractivity contribution in [2.45, 2.75) is 12.8 Å². The summed E-state index contributed by atoms with van der Waals surface area (Å²) in [4.78, 5) is 25.6. The minimum Gasteiger partial charge on any atom is -0.490 e. The summed E-state index contributed by atoms with van der Waals surface area (Å²) >= 11 is 0.